The molecule has 2 unspecified atom stereocenters. The monoisotopic (exact) mass is 250 g/mol. The first kappa shape index (κ1) is 17.5. The molecule has 0 N–H and O–H groups in total. The molecule has 0 nitrogen and oxygen atoms in total. The Morgan fingerprint density at radius 1 is 0.944 bits per heavy atom. The standard InChI is InChI=1S/C18H34/c1-5-8-9-12-15-18(7-3)16-13-10-11-14-17(4)6-2/h7-9,17-18H,3,5-6,10-16H2,1-2,4H3. The van der Waals surface area contributed by atoms with Gasteiger partial charge in [0.15, 0.2) is 0 Å². The Kier molecular flexibility index (Phi) is 12.6. The summed E-state index contributed by atoms with van der Waals surface area (Å²) in [5.41, 5.74) is 0. The van der Waals surface area contributed by atoms with Gasteiger partial charge in [-0.2, -0.15) is 0 Å². The third kappa shape index (κ3) is 10.6. The van der Waals surface area contributed by atoms with Gasteiger partial charge in [-0.25, -0.2) is 0 Å². The van der Waals surface area contributed by atoms with Gasteiger partial charge in [0, 0.05) is 0 Å². The van der Waals surface area contributed by atoms with Gasteiger partial charge >= 0.3 is 0 Å². The highest BCUT2D eigenvalue weighted by Crippen LogP contribution is 2.19. The average Bonchev–Trinajstić information content (AvgIpc) is 2.40. The van der Waals surface area contributed by atoms with Crippen molar-refractivity contribution in [3.63, 3.8) is 0 Å². The van der Waals surface area contributed by atoms with E-state index in [1.54, 1.807) is 0 Å². The summed E-state index contributed by atoms with van der Waals surface area (Å²) in [4.78, 5) is 0. The largest absolute Gasteiger partial charge is 0.103 e. The highest BCUT2D eigenvalue weighted by atomic mass is 14.1. The van der Waals surface area contributed by atoms with Crippen molar-refractivity contribution in [1.29, 1.82) is 0 Å². The van der Waals surface area contributed by atoms with E-state index in [9.17, 15) is 0 Å². The molecule has 0 heterocycles. The van der Waals surface area contributed by atoms with E-state index in [4.69, 9.17) is 0 Å². The minimum absolute atomic E-state index is 0.732. The molecule has 106 valence electrons. The Morgan fingerprint density at radius 3 is 2.28 bits per heavy atom. The van der Waals surface area contributed by atoms with Crippen molar-refractivity contribution in [2.75, 3.05) is 0 Å². The topological polar surface area (TPSA) is 0 Å². The zero-order valence-corrected chi connectivity index (χ0v) is 13.0. The zero-order chi connectivity index (χ0) is 13.6. The van der Waals surface area contributed by atoms with E-state index in [1.165, 1.54) is 51.4 Å². The van der Waals surface area contributed by atoms with Gasteiger partial charge in [0.1, 0.15) is 0 Å². The van der Waals surface area contributed by atoms with Crippen LogP contribution in [0.2, 0.25) is 0 Å². The Balaban J connectivity index is 3.49. The molecule has 2 atom stereocenters. The van der Waals surface area contributed by atoms with E-state index in [2.05, 4.69) is 45.6 Å². The first-order chi connectivity index (χ1) is 8.74. The maximum Gasteiger partial charge on any atom is -0.0233 e. The number of allylic oxidation sites excluding steroid dienone is 3. The van der Waals surface area contributed by atoms with Crippen LogP contribution in [-0.2, 0) is 0 Å². The molecular weight excluding hydrogens is 216 g/mol. The number of hydrogen-bond acceptors (Lipinski definition) is 0. The van der Waals surface area contributed by atoms with E-state index in [1.807, 2.05) is 0 Å². The molecule has 0 rings (SSSR count). The van der Waals surface area contributed by atoms with Crippen LogP contribution in [0.15, 0.2) is 24.8 Å². The molecule has 18 heavy (non-hydrogen) atoms. The molecule has 0 aromatic rings. The molecule has 0 amide bonds. The van der Waals surface area contributed by atoms with Crippen LogP contribution < -0.4 is 0 Å². The fraction of sp³-hybridized carbons (Fsp3) is 0.778. The van der Waals surface area contributed by atoms with Crippen molar-refractivity contribution in [2.24, 2.45) is 11.8 Å². The second kappa shape index (κ2) is 12.9. The molecule has 0 bridgehead atoms. The first-order valence-corrected chi connectivity index (χ1v) is 8.02. The van der Waals surface area contributed by atoms with Crippen LogP contribution in [0.3, 0.4) is 0 Å². The number of unbranched alkanes of at least 4 members (excludes halogenated alkanes) is 2. The van der Waals surface area contributed by atoms with Crippen molar-refractivity contribution in [1.82, 2.24) is 0 Å². The van der Waals surface area contributed by atoms with Crippen molar-refractivity contribution >= 4 is 0 Å². The maximum absolute atomic E-state index is 3.98. The molecule has 0 saturated heterocycles. The zero-order valence-electron chi connectivity index (χ0n) is 13.0. The second-order valence-electron chi connectivity index (χ2n) is 5.60. The summed E-state index contributed by atoms with van der Waals surface area (Å²) >= 11 is 0. The quantitative estimate of drug-likeness (QED) is 0.273. The van der Waals surface area contributed by atoms with Crippen molar-refractivity contribution in [2.45, 2.75) is 78.6 Å². The Morgan fingerprint density at radius 2 is 1.67 bits per heavy atom. The summed E-state index contributed by atoms with van der Waals surface area (Å²) in [5.74, 6) is 1.65. The van der Waals surface area contributed by atoms with Gasteiger partial charge in [-0.3, -0.25) is 0 Å². The second-order valence-corrected chi connectivity index (χ2v) is 5.60. The van der Waals surface area contributed by atoms with Gasteiger partial charge in [0.05, 0.1) is 0 Å². The molecular formula is C18H34. The van der Waals surface area contributed by atoms with Crippen molar-refractivity contribution in [3.05, 3.63) is 24.8 Å². The molecule has 0 aromatic carbocycles. The fourth-order valence-corrected chi connectivity index (χ4v) is 2.26. The van der Waals surface area contributed by atoms with Gasteiger partial charge < -0.3 is 0 Å². The molecule has 0 fully saturated rings. The van der Waals surface area contributed by atoms with Crippen LogP contribution >= 0.6 is 0 Å². The van der Waals surface area contributed by atoms with E-state index in [0.29, 0.717) is 0 Å². The maximum atomic E-state index is 3.98. The molecule has 0 spiro atoms. The van der Waals surface area contributed by atoms with Crippen molar-refractivity contribution < 1.29 is 0 Å². The van der Waals surface area contributed by atoms with Crippen LogP contribution in [0.1, 0.15) is 78.6 Å². The lowest BCUT2D eigenvalue weighted by molar-refractivity contribution is 0.454. The summed E-state index contributed by atoms with van der Waals surface area (Å²) in [5, 5.41) is 0. The summed E-state index contributed by atoms with van der Waals surface area (Å²) in [6.45, 7) is 10.8. The highest BCUT2D eigenvalue weighted by Gasteiger charge is 2.03. The third-order valence-electron chi connectivity index (χ3n) is 3.91. The molecule has 0 aliphatic rings. The van der Waals surface area contributed by atoms with Crippen LogP contribution in [0.5, 0.6) is 0 Å². The predicted octanol–water partition coefficient (Wildman–Crippen LogP) is 6.53. The predicted molar refractivity (Wildman–Crippen MR) is 84.9 cm³/mol. The van der Waals surface area contributed by atoms with Gasteiger partial charge in [0.2, 0.25) is 0 Å². The van der Waals surface area contributed by atoms with Gasteiger partial charge in [-0.15, -0.1) is 6.58 Å². The Hall–Kier alpha value is -0.520. The summed E-state index contributed by atoms with van der Waals surface area (Å²) in [6, 6.07) is 0. The molecule has 0 aliphatic carbocycles. The SMILES string of the molecule is C=CC(CCC=CCC)CCCCCC(C)CC. The van der Waals surface area contributed by atoms with Gasteiger partial charge in [0.25, 0.3) is 0 Å². The minimum atomic E-state index is 0.732. The van der Waals surface area contributed by atoms with E-state index >= 15 is 0 Å². The van der Waals surface area contributed by atoms with Crippen LogP contribution in [-0.4, -0.2) is 0 Å². The summed E-state index contributed by atoms with van der Waals surface area (Å²) < 4.78 is 0. The van der Waals surface area contributed by atoms with E-state index in [0.717, 1.165) is 18.3 Å². The Labute approximate surface area is 116 Å². The van der Waals surface area contributed by atoms with Crippen LogP contribution in [0, 0.1) is 11.8 Å². The van der Waals surface area contributed by atoms with Crippen LogP contribution in [0.4, 0.5) is 0 Å². The molecule has 0 heteroatoms. The summed E-state index contributed by atoms with van der Waals surface area (Å²) in [6.07, 6.45) is 18.7. The number of rotatable bonds is 12. The van der Waals surface area contributed by atoms with Crippen LogP contribution in [0.25, 0.3) is 0 Å². The first-order valence-electron chi connectivity index (χ1n) is 8.02. The minimum Gasteiger partial charge on any atom is -0.103 e. The number of hydrogen-bond donors (Lipinski definition) is 0. The summed E-state index contributed by atoms with van der Waals surface area (Å²) in [7, 11) is 0. The van der Waals surface area contributed by atoms with E-state index < -0.39 is 0 Å². The molecule has 0 aromatic heterocycles. The molecule has 0 aliphatic heterocycles. The third-order valence-corrected chi connectivity index (χ3v) is 3.91. The fourth-order valence-electron chi connectivity index (χ4n) is 2.26. The molecule has 0 saturated carbocycles. The lowest BCUT2D eigenvalue weighted by Crippen LogP contribution is -1.97. The van der Waals surface area contributed by atoms with E-state index in [-0.39, 0.29) is 0 Å². The highest BCUT2D eigenvalue weighted by molar-refractivity contribution is 4.85. The smallest absolute Gasteiger partial charge is 0.0233 e. The van der Waals surface area contributed by atoms with Gasteiger partial charge in [-0.05, 0) is 37.5 Å². The Bertz CT molecular complexity index is 202. The normalized spacial score (nSPS) is 14.8. The van der Waals surface area contributed by atoms with Crippen molar-refractivity contribution in [3.8, 4) is 0 Å². The average molecular weight is 250 g/mol. The lowest BCUT2D eigenvalue weighted by atomic mass is 9.94. The lowest BCUT2D eigenvalue weighted by Gasteiger charge is -2.12. The van der Waals surface area contributed by atoms with Gasteiger partial charge in [-0.1, -0.05) is 71.1 Å². The molecule has 0 radical (unpaired) electrons.